The van der Waals surface area contributed by atoms with Gasteiger partial charge in [0.2, 0.25) is 0 Å². The molecule has 0 amide bonds. The van der Waals surface area contributed by atoms with E-state index in [2.05, 4.69) is 44.3 Å². The molecule has 1 unspecified atom stereocenters. The fourth-order valence-electron chi connectivity index (χ4n) is 2.73. The lowest BCUT2D eigenvalue weighted by molar-refractivity contribution is 0.482. The van der Waals surface area contributed by atoms with Gasteiger partial charge in [0.05, 0.1) is 0 Å². The van der Waals surface area contributed by atoms with E-state index in [9.17, 15) is 0 Å². The van der Waals surface area contributed by atoms with Gasteiger partial charge in [0.15, 0.2) is 0 Å². The lowest BCUT2D eigenvalue weighted by atomic mass is 9.98. The number of rotatable bonds is 3. The number of benzene rings is 1. The summed E-state index contributed by atoms with van der Waals surface area (Å²) in [4.78, 5) is 0. The summed E-state index contributed by atoms with van der Waals surface area (Å²) in [5, 5.41) is 3.69. The highest BCUT2D eigenvalue weighted by Crippen LogP contribution is 2.30. The van der Waals surface area contributed by atoms with Crippen LogP contribution in [0.2, 0.25) is 0 Å². The molecule has 1 N–H and O–H groups in total. The van der Waals surface area contributed by atoms with E-state index in [-0.39, 0.29) is 0 Å². The van der Waals surface area contributed by atoms with Crippen LogP contribution in [0, 0.1) is 19.8 Å². The molecule has 2 rings (SSSR count). The third kappa shape index (κ3) is 2.40. The van der Waals surface area contributed by atoms with E-state index in [4.69, 9.17) is 0 Å². The highest BCUT2D eigenvalue weighted by atomic mass is 14.9. The molecule has 0 saturated heterocycles. The average Bonchev–Trinajstić information content (AvgIpc) is 2.78. The summed E-state index contributed by atoms with van der Waals surface area (Å²) >= 11 is 0. The second-order valence-electron chi connectivity index (χ2n) is 5.23. The molecule has 1 aromatic carbocycles. The molecule has 0 bridgehead atoms. The lowest BCUT2D eigenvalue weighted by Gasteiger charge is -2.23. The Kier molecular flexibility index (Phi) is 3.52. The van der Waals surface area contributed by atoms with Gasteiger partial charge in [-0.15, -0.1) is 0 Å². The maximum Gasteiger partial charge on any atom is 0.0374 e. The smallest absolute Gasteiger partial charge is 0.0374 e. The molecule has 0 aliphatic heterocycles. The molecule has 1 aliphatic carbocycles. The predicted molar refractivity (Wildman–Crippen MR) is 71.0 cm³/mol. The zero-order valence-corrected chi connectivity index (χ0v) is 10.7. The Balaban J connectivity index is 2.05. The minimum atomic E-state index is 0.614. The van der Waals surface area contributed by atoms with E-state index in [1.54, 1.807) is 0 Å². The summed E-state index contributed by atoms with van der Waals surface area (Å²) < 4.78 is 0. The molecule has 1 fully saturated rings. The first kappa shape index (κ1) is 11.5. The lowest BCUT2D eigenvalue weighted by Crippen LogP contribution is -2.24. The number of hydrogen-bond donors (Lipinski definition) is 1. The maximum atomic E-state index is 3.69. The van der Waals surface area contributed by atoms with Crippen molar-refractivity contribution >= 4 is 5.69 Å². The fourth-order valence-corrected chi connectivity index (χ4v) is 2.73. The van der Waals surface area contributed by atoms with Gasteiger partial charge in [-0.25, -0.2) is 0 Å². The number of anilines is 1. The Morgan fingerprint density at radius 1 is 1.19 bits per heavy atom. The van der Waals surface area contributed by atoms with Gasteiger partial charge in [-0.3, -0.25) is 0 Å². The largest absolute Gasteiger partial charge is 0.382 e. The van der Waals surface area contributed by atoms with Crippen molar-refractivity contribution in [2.24, 2.45) is 5.92 Å². The normalized spacial score (nSPS) is 18.7. The first-order valence-electron chi connectivity index (χ1n) is 6.51. The second-order valence-corrected chi connectivity index (χ2v) is 5.23. The summed E-state index contributed by atoms with van der Waals surface area (Å²) in [6.45, 7) is 6.72. The summed E-state index contributed by atoms with van der Waals surface area (Å²) in [6.07, 6.45) is 5.64. The van der Waals surface area contributed by atoms with Gasteiger partial charge >= 0.3 is 0 Å². The second kappa shape index (κ2) is 4.90. The molecule has 0 heterocycles. The van der Waals surface area contributed by atoms with Gasteiger partial charge in [-0.2, -0.15) is 0 Å². The Bertz CT molecular complexity index is 350. The van der Waals surface area contributed by atoms with Crippen LogP contribution in [-0.2, 0) is 0 Å². The molecule has 0 aromatic heterocycles. The monoisotopic (exact) mass is 217 g/mol. The molecule has 1 aromatic rings. The van der Waals surface area contributed by atoms with E-state index in [1.807, 2.05) is 0 Å². The SMILES string of the molecule is Cc1cccc(NC(C)C2CCCC2)c1C. The molecule has 1 heteroatoms. The van der Waals surface area contributed by atoms with Gasteiger partial charge in [-0.05, 0) is 56.7 Å². The summed E-state index contributed by atoms with van der Waals surface area (Å²) in [6, 6.07) is 7.14. The average molecular weight is 217 g/mol. The standard InChI is InChI=1S/C15H23N/c1-11-7-6-10-15(12(11)2)16-13(3)14-8-4-5-9-14/h6-7,10,13-14,16H,4-5,8-9H2,1-3H3. The van der Waals surface area contributed by atoms with Crippen molar-refractivity contribution < 1.29 is 0 Å². The van der Waals surface area contributed by atoms with Crippen LogP contribution >= 0.6 is 0 Å². The Labute approximate surface area is 99.3 Å². The fraction of sp³-hybridized carbons (Fsp3) is 0.600. The summed E-state index contributed by atoms with van der Waals surface area (Å²) in [5.41, 5.74) is 4.09. The molecule has 1 nitrogen and oxygen atoms in total. The van der Waals surface area contributed by atoms with E-state index in [1.165, 1.54) is 42.5 Å². The zero-order chi connectivity index (χ0) is 11.5. The van der Waals surface area contributed by atoms with E-state index in [0.717, 1.165) is 5.92 Å². The van der Waals surface area contributed by atoms with Crippen molar-refractivity contribution in [2.75, 3.05) is 5.32 Å². The van der Waals surface area contributed by atoms with Crippen molar-refractivity contribution in [3.63, 3.8) is 0 Å². The van der Waals surface area contributed by atoms with Crippen molar-refractivity contribution in [1.82, 2.24) is 0 Å². The van der Waals surface area contributed by atoms with Gasteiger partial charge in [-0.1, -0.05) is 25.0 Å². The van der Waals surface area contributed by atoms with Gasteiger partial charge in [0.1, 0.15) is 0 Å². The zero-order valence-electron chi connectivity index (χ0n) is 10.7. The first-order valence-corrected chi connectivity index (χ1v) is 6.51. The highest BCUT2D eigenvalue weighted by Gasteiger charge is 2.21. The molecule has 1 saturated carbocycles. The molecule has 1 aliphatic rings. The van der Waals surface area contributed by atoms with Gasteiger partial charge < -0.3 is 5.32 Å². The highest BCUT2D eigenvalue weighted by molar-refractivity contribution is 5.54. The van der Waals surface area contributed by atoms with Crippen LogP contribution in [0.1, 0.15) is 43.7 Å². The van der Waals surface area contributed by atoms with E-state index in [0.29, 0.717) is 6.04 Å². The van der Waals surface area contributed by atoms with Crippen LogP contribution in [0.15, 0.2) is 18.2 Å². The van der Waals surface area contributed by atoms with Gasteiger partial charge in [0.25, 0.3) is 0 Å². The predicted octanol–water partition coefficient (Wildman–Crippen LogP) is 4.29. The Morgan fingerprint density at radius 2 is 1.88 bits per heavy atom. The topological polar surface area (TPSA) is 12.0 Å². The van der Waals surface area contributed by atoms with Crippen LogP contribution in [0.5, 0.6) is 0 Å². The third-order valence-corrected chi connectivity index (χ3v) is 4.09. The molecule has 0 radical (unpaired) electrons. The van der Waals surface area contributed by atoms with Crippen molar-refractivity contribution in [2.45, 2.75) is 52.5 Å². The Morgan fingerprint density at radius 3 is 2.56 bits per heavy atom. The molecular weight excluding hydrogens is 194 g/mol. The van der Waals surface area contributed by atoms with Crippen molar-refractivity contribution in [3.8, 4) is 0 Å². The molecule has 88 valence electrons. The van der Waals surface area contributed by atoms with Crippen molar-refractivity contribution in [1.29, 1.82) is 0 Å². The molecular formula is C15H23N. The van der Waals surface area contributed by atoms with E-state index >= 15 is 0 Å². The number of hydrogen-bond acceptors (Lipinski definition) is 1. The van der Waals surface area contributed by atoms with Crippen LogP contribution < -0.4 is 5.32 Å². The summed E-state index contributed by atoms with van der Waals surface area (Å²) in [5.74, 6) is 0.875. The van der Waals surface area contributed by atoms with Crippen molar-refractivity contribution in [3.05, 3.63) is 29.3 Å². The summed E-state index contributed by atoms with van der Waals surface area (Å²) in [7, 11) is 0. The van der Waals surface area contributed by atoms with Crippen LogP contribution in [0.4, 0.5) is 5.69 Å². The Hall–Kier alpha value is -0.980. The van der Waals surface area contributed by atoms with Crippen LogP contribution in [-0.4, -0.2) is 6.04 Å². The number of nitrogens with one attached hydrogen (secondary N) is 1. The maximum absolute atomic E-state index is 3.69. The van der Waals surface area contributed by atoms with E-state index < -0.39 is 0 Å². The quantitative estimate of drug-likeness (QED) is 0.796. The number of aryl methyl sites for hydroxylation is 1. The molecule has 1 atom stereocenters. The minimum absolute atomic E-state index is 0.614. The molecule has 0 spiro atoms. The molecule has 16 heavy (non-hydrogen) atoms. The minimum Gasteiger partial charge on any atom is -0.382 e. The first-order chi connectivity index (χ1) is 7.68. The third-order valence-electron chi connectivity index (χ3n) is 4.09. The van der Waals surface area contributed by atoms with Crippen LogP contribution in [0.3, 0.4) is 0 Å². The van der Waals surface area contributed by atoms with Crippen LogP contribution in [0.25, 0.3) is 0 Å². The van der Waals surface area contributed by atoms with Gasteiger partial charge in [0, 0.05) is 11.7 Å².